The second kappa shape index (κ2) is 8.96. The average molecular weight is 471 g/mol. The summed E-state index contributed by atoms with van der Waals surface area (Å²) < 4.78 is 7.64. The molecule has 168 valence electrons. The van der Waals surface area contributed by atoms with Gasteiger partial charge in [-0.15, -0.1) is 0 Å². The fraction of sp³-hybridized carbons (Fsp3) is 0.478. The second-order valence-electron chi connectivity index (χ2n) is 8.53. The zero-order valence-electron chi connectivity index (χ0n) is 18.1. The Morgan fingerprint density at radius 1 is 1.16 bits per heavy atom. The zero-order valence-corrected chi connectivity index (χ0v) is 19.7. The van der Waals surface area contributed by atoms with Gasteiger partial charge < -0.3 is 9.64 Å². The molecule has 2 aromatic rings. The lowest BCUT2D eigenvalue weighted by Gasteiger charge is -2.30. The van der Waals surface area contributed by atoms with Gasteiger partial charge in [0.2, 0.25) is 0 Å². The molecule has 0 spiro atoms. The van der Waals surface area contributed by atoms with Crippen LogP contribution in [0.1, 0.15) is 43.2 Å². The average Bonchev–Trinajstić information content (AvgIpc) is 3.09. The highest BCUT2D eigenvalue weighted by molar-refractivity contribution is 8.26. The van der Waals surface area contributed by atoms with Crippen LogP contribution in [0.2, 0.25) is 0 Å². The molecule has 4 heterocycles. The number of ether oxygens (including phenoxy) is 1. The van der Waals surface area contributed by atoms with E-state index in [2.05, 4.69) is 4.90 Å². The molecule has 7 nitrogen and oxygen atoms in total. The van der Waals surface area contributed by atoms with Crippen LogP contribution >= 0.6 is 24.0 Å². The van der Waals surface area contributed by atoms with Crippen LogP contribution in [0.25, 0.3) is 11.7 Å². The number of anilines is 1. The van der Waals surface area contributed by atoms with E-state index in [0.29, 0.717) is 52.6 Å². The molecule has 0 atom stereocenters. The molecule has 1 saturated carbocycles. The van der Waals surface area contributed by atoms with E-state index in [1.54, 1.807) is 21.6 Å². The third kappa shape index (κ3) is 3.97. The van der Waals surface area contributed by atoms with Crippen LogP contribution in [0, 0.1) is 6.92 Å². The minimum Gasteiger partial charge on any atom is -0.378 e. The quantitative estimate of drug-likeness (QED) is 0.503. The summed E-state index contributed by atoms with van der Waals surface area (Å²) in [5.74, 6) is 0.513. The summed E-state index contributed by atoms with van der Waals surface area (Å²) in [5, 5.41) is 0. The Balaban J connectivity index is 1.60. The maximum Gasteiger partial charge on any atom is 0.267 e. The molecule has 0 unspecified atom stereocenters. The van der Waals surface area contributed by atoms with Crippen molar-refractivity contribution in [2.75, 3.05) is 31.2 Å². The number of carbonyl (C=O) groups is 1. The van der Waals surface area contributed by atoms with E-state index in [-0.39, 0.29) is 17.5 Å². The third-order valence-corrected chi connectivity index (χ3v) is 7.67. The summed E-state index contributed by atoms with van der Waals surface area (Å²) in [4.78, 5) is 36.0. The number of thioether (sulfide) groups is 1. The molecule has 32 heavy (non-hydrogen) atoms. The second-order valence-corrected chi connectivity index (χ2v) is 10.2. The lowest BCUT2D eigenvalue weighted by atomic mass is 9.94. The molecule has 1 aliphatic carbocycles. The minimum atomic E-state index is -0.178. The van der Waals surface area contributed by atoms with Crippen molar-refractivity contribution in [3.8, 4) is 0 Å². The number of aromatic nitrogens is 2. The third-order valence-electron chi connectivity index (χ3n) is 6.33. The Kier molecular flexibility index (Phi) is 6.05. The molecule has 0 aromatic carbocycles. The lowest BCUT2D eigenvalue weighted by Crippen LogP contribution is -2.40. The van der Waals surface area contributed by atoms with Crippen LogP contribution in [0.5, 0.6) is 0 Å². The summed E-state index contributed by atoms with van der Waals surface area (Å²) in [6.07, 6.45) is 8.92. The fourth-order valence-electron chi connectivity index (χ4n) is 4.65. The first-order valence-corrected chi connectivity index (χ1v) is 12.4. The molecule has 0 radical (unpaired) electrons. The van der Waals surface area contributed by atoms with Gasteiger partial charge in [-0.3, -0.25) is 18.9 Å². The number of aryl methyl sites for hydroxylation is 1. The number of carbonyl (C=O) groups excluding carboxylic acids is 1. The Morgan fingerprint density at radius 3 is 2.66 bits per heavy atom. The van der Waals surface area contributed by atoms with Crippen LogP contribution in [-0.4, -0.2) is 56.9 Å². The molecule has 2 aliphatic heterocycles. The van der Waals surface area contributed by atoms with Gasteiger partial charge in [-0.1, -0.05) is 49.3 Å². The molecule has 3 fully saturated rings. The van der Waals surface area contributed by atoms with E-state index in [1.165, 1.54) is 18.2 Å². The molecule has 9 heteroatoms. The van der Waals surface area contributed by atoms with Gasteiger partial charge in [-0.2, -0.15) is 0 Å². The van der Waals surface area contributed by atoms with Gasteiger partial charge >= 0.3 is 0 Å². The Labute approximate surface area is 196 Å². The fourth-order valence-corrected chi connectivity index (χ4v) is 6.04. The summed E-state index contributed by atoms with van der Waals surface area (Å²) in [5.41, 5.74) is 1.81. The maximum absolute atomic E-state index is 13.6. The van der Waals surface area contributed by atoms with Crippen LogP contribution in [-0.2, 0) is 9.53 Å². The van der Waals surface area contributed by atoms with E-state index in [1.807, 2.05) is 19.1 Å². The van der Waals surface area contributed by atoms with E-state index < -0.39 is 0 Å². The van der Waals surface area contributed by atoms with Crippen molar-refractivity contribution in [1.82, 2.24) is 14.3 Å². The van der Waals surface area contributed by atoms with Crippen LogP contribution in [0.15, 0.2) is 28.0 Å². The molecule has 0 bridgehead atoms. The largest absolute Gasteiger partial charge is 0.378 e. The number of rotatable bonds is 3. The molecule has 2 saturated heterocycles. The summed E-state index contributed by atoms with van der Waals surface area (Å²) >= 11 is 6.87. The highest BCUT2D eigenvalue weighted by Crippen LogP contribution is 2.37. The van der Waals surface area contributed by atoms with E-state index >= 15 is 0 Å². The number of fused-ring (bicyclic) bond motifs is 1. The number of hydrogen-bond acceptors (Lipinski definition) is 7. The Morgan fingerprint density at radius 2 is 1.91 bits per heavy atom. The van der Waals surface area contributed by atoms with Crippen molar-refractivity contribution in [2.24, 2.45) is 0 Å². The standard InChI is InChI=1S/C23H26N4O3S2/c1-15-7-8-19-24-20(25-9-11-30-12-10-25)17(21(28)26(19)14-15)13-18-22(29)27(23(31)32-18)16-5-3-2-4-6-16/h7-8,13-14,16H,2-6,9-12H2,1H3/b18-13-. The van der Waals surface area contributed by atoms with E-state index in [0.717, 1.165) is 31.2 Å². The van der Waals surface area contributed by atoms with Gasteiger partial charge in [-0.05, 0) is 37.5 Å². The molecular weight excluding hydrogens is 444 g/mol. The maximum atomic E-state index is 13.6. The zero-order chi connectivity index (χ0) is 22.2. The van der Waals surface area contributed by atoms with Gasteiger partial charge in [0, 0.05) is 25.3 Å². The van der Waals surface area contributed by atoms with E-state index in [9.17, 15) is 9.59 Å². The Hall–Kier alpha value is -2.23. The predicted octanol–water partition coefficient (Wildman–Crippen LogP) is 3.37. The molecule has 2 aromatic heterocycles. The van der Waals surface area contributed by atoms with Crippen molar-refractivity contribution in [1.29, 1.82) is 0 Å². The van der Waals surface area contributed by atoms with Crippen LogP contribution < -0.4 is 10.5 Å². The SMILES string of the molecule is Cc1ccc2nc(N3CCOCC3)c(/C=C3\SC(=S)N(C4CCCCC4)C3=O)c(=O)n2c1. The van der Waals surface area contributed by atoms with Crippen molar-refractivity contribution in [3.05, 3.63) is 44.7 Å². The molecule has 0 N–H and O–H groups in total. The first-order valence-electron chi connectivity index (χ1n) is 11.2. The van der Waals surface area contributed by atoms with E-state index in [4.69, 9.17) is 21.9 Å². The first kappa shape index (κ1) is 21.6. The van der Waals surface area contributed by atoms with Crippen molar-refractivity contribution >= 4 is 51.7 Å². The highest BCUT2D eigenvalue weighted by Gasteiger charge is 2.38. The number of nitrogens with zero attached hydrogens (tertiary/aromatic N) is 4. The summed E-state index contributed by atoms with van der Waals surface area (Å²) in [6.45, 7) is 4.41. The van der Waals surface area contributed by atoms with Crippen LogP contribution in [0.4, 0.5) is 5.82 Å². The number of morpholine rings is 1. The highest BCUT2D eigenvalue weighted by atomic mass is 32.2. The van der Waals surface area contributed by atoms with Gasteiger partial charge in [0.05, 0.1) is 23.7 Å². The smallest absolute Gasteiger partial charge is 0.267 e. The summed E-state index contributed by atoms with van der Waals surface area (Å²) in [6, 6.07) is 3.96. The predicted molar refractivity (Wildman–Crippen MR) is 131 cm³/mol. The number of hydrogen-bond donors (Lipinski definition) is 0. The van der Waals surface area contributed by atoms with Gasteiger partial charge in [0.15, 0.2) is 0 Å². The van der Waals surface area contributed by atoms with Crippen LogP contribution in [0.3, 0.4) is 0 Å². The van der Waals surface area contributed by atoms with Gasteiger partial charge in [0.1, 0.15) is 15.8 Å². The molecule has 3 aliphatic rings. The Bertz CT molecular complexity index is 1160. The minimum absolute atomic E-state index is 0.0893. The first-order chi connectivity index (χ1) is 15.5. The molecular formula is C23H26N4O3S2. The number of amides is 1. The van der Waals surface area contributed by atoms with Crippen molar-refractivity contribution in [3.63, 3.8) is 0 Å². The monoisotopic (exact) mass is 470 g/mol. The van der Waals surface area contributed by atoms with Crippen molar-refractivity contribution < 1.29 is 9.53 Å². The molecule has 1 amide bonds. The topological polar surface area (TPSA) is 67.2 Å². The normalized spacial score (nSPS) is 21.8. The molecule has 5 rings (SSSR count). The number of thiocarbonyl (C=S) groups is 1. The van der Waals surface area contributed by atoms with Crippen molar-refractivity contribution in [2.45, 2.75) is 45.1 Å². The summed E-state index contributed by atoms with van der Waals surface area (Å²) in [7, 11) is 0. The lowest BCUT2D eigenvalue weighted by molar-refractivity contribution is -0.124. The van der Waals surface area contributed by atoms with Gasteiger partial charge in [-0.25, -0.2) is 4.98 Å². The van der Waals surface area contributed by atoms with Gasteiger partial charge in [0.25, 0.3) is 11.5 Å². The number of pyridine rings is 1.